The van der Waals surface area contributed by atoms with Crippen molar-refractivity contribution in [1.82, 2.24) is 4.98 Å². The van der Waals surface area contributed by atoms with Crippen LogP contribution < -0.4 is 0 Å². The van der Waals surface area contributed by atoms with Crippen molar-refractivity contribution in [2.24, 2.45) is 0 Å². The first-order valence-corrected chi connectivity index (χ1v) is 13.7. The summed E-state index contributed by atoms with van der Waals surface area (Å²) < 4.78 is 6.39. The summed E-state index contributed by atoms with van der Waals surface area (Å²) in [6, 6.07) is 27.6. The Morgan fingerprint density at radius 2 is 1.61 bits per heavy atom. The third-order valence-corrected chi connectivity index (χ3v) is 7.28. The van der Waals surface area contributed by atoms with Gasteiger partial charge in [0, 0.05) is 31.7 Å². The van der Waals surface area contributed by atoms with Gasteiger partial charge < -0.3 is 14.5 Å². The Labute approximate surface area is 254 Å². The SMILES string of the molecule is CC(=O)c1ccccc1O.Cc1ccc2c(c1)oc1c(-c3nccc4cc(C(C)C)ccc34)[c-]c(C(C)C)cc12.[Ir]. The predicted molar refractivity (Wildman–Crippen MR) is 164 cm³/mol. The largest absolute Gasteiger partial charge is 0.507 e. The molecule has 0 fully saturated rings. The van der Waals surface area contributed by atoms with Crippen molar-refractivity contribution in [3.63, 3.8) is 0 Å². The van der Waals surface area contributed by atoms with Gasteiger partial charge in [0.25, 0.3) is 0 Å². The Morgan fingerprint density at radius 1 is 0.878 bits per heavy atom. The van der Waals surface area contributed by atoms with Crippen LogP contribution in [0, 0.1) is 13.0 Å². The molecule has 0 spiro atoms. The first-order valence-electron chi connectivity index (χ1n) is 13.7. The smallest absolute Gasteiger partial charge is 0.163 e. The molecule has 4 aromatic carbocycles. The Kier molecular flexibility index (Phi) is 9.11. The minimum Gasteiger partial charge on any atom is -0.507 e. The maximum absolute atomic E-state index is 10.7. The van der Waals surface area contributed by atoms with Crippen LogP contribution >= 0.6 is 0 Å². The van der Waals surface area contributed by atoms with E-state index >= 15 is 0 Å². The molecule has 0 aliphatic rings. The number of carbonyl (C=O) groups excluding carboxylic acids is 1. The summed E-state index contributed by atoms with van der Waals surface area (Å²) in [5, 5.41) is 13.7. The van der Waals surface area contributed by atoms with Crippen LogP contribution in [0.4, 0.5) is 0 Å². The van der Waals surface area contributed by atoms with E-state index in [2.05, 4.69) is 89.2 Å². The number of hydrogen-bond donors (Lipinski definition) is 1. The predicted octanol–water partition coefficient (Wildman–Crippen LogP) is 9.75. The Morgan fingerprint density at radius 3 is 2.27 bits per heavy atom. The minimum atomic E-state index is -0.113. The second kappa shape index (κ2) is 12.4. The zero-order valence-electron chi connectivity index (χ0n) is 24.2. The summed E-state index contributed by atoms with van der Waals surface area (Å²) in [7, 11) is 0. The maximum Gasteiger partial charge on any atom is 0.163 e. The van der Waals surface area contributed by atoms with Crippen LogP contribution in [0.25, 0.3) is 44.0 Å². The zero-order chi connectivity index (χ0) is 28.6. The van der Waals surface area contributed by atoms with E-state index in [1.807, 2.05) is 6.20 Å². The number of aryl methyl sites for hydroxylation is 1. The molecule has 0 atom stereocenters. The van der Waals surface area contributed by atoms with Gasteiger partial charge in [0.05, 0.1) is 11.1 Å². The summed E-state index contributed by atoms with van der Waals surface area (Å²) >= 11 is 0. The summed E-state index contributed by atoms with van der Waals surface area (Å²) in [5.41, 5.74) is 7.76. The number of nitrogens with zero attached hydrogens (tertiary/aromatic N) is 1. The summed E-state index contributed by atoms with van der Waals surface area (Å²) in [4.78, 5) is 15.5. The summed E-state index contributed by atoms with van der Waals surface area (Å²) in [6.07, 6.45) is 1.90. The molecule has 0 saturated heterocycles. The molecular formula is C36H34IrNO3-. The maximum atomic E-state index is 10.7. The van der Waals surface area contributed by atoms with Crippen molar-refractivity contribution >= 4 is 38.5 Å². The Bertz CT molecular complexity index is 1870. The van der Waals surface area contributed by atoms with Gasteiger partial charge in [-0.15, -0.1) is 17.7 Å². The number of aromatic nitrogens is 1. The third kappa shape index (κ3) is 6.12. The van der Waals surface area contributed by atoms with Crippen molar-refractivity contribution in [3.05, 3.63) is 107 Å². The number of benzene rings is 4. The second-order valence-electron chi connectivity index (χ2n) is 11.0. The fourth-order valence-corrected chi connectivity index (χ4v) is 4.95. The van der Waals surface area contributed by atoms with Crippen LogP contribution in [0.5, 0.6) is 5.75 Å². The van der Waals surface area contributed by atoms with Crippen molar-refractivity contribution in [2.45, 2.75) is 53.4 Å². The molecular weight excluding hydrogens is 687 g/mol. The van der Waals surface area contributed by atoms with Crippen LogP contribution in [-0.2, 0) is 20.1 Å². The number of ketones is 1. The van der Waals surface area contributed by atoms with Gasteiger partial charge in [-0.25, -0.2) is 0 Å². The van der Waals surface area contributed by atoms with E-state index in [0.717, 1.165) is 38.6 Å². The van der Waals surface area contributed by atoms with Crippen LogP contribution in [-0.4, -0.2) is 15.9 Å². The number of carbonyl (C=O) groups is 1. The summed E-state index contributed by atoms with van der Waals surface area (Å²) in [6.45, 7) is 12.4. The Hall–Kier alpha value is -3.79. The van der Waals surface area contributed by atoms with Crippen molar-refractivity contribution in [3.8, 4) is 17.0 Å². The van der Waals surface area contributed by atoms with Gasteiger partial charge >= 0.3 is 0 Å². The molecule has 1 radical (unpaired) electrons. The molecule has 41 heavy (non-hydrogen) atoms. The molecule has 2 aromatic heterocycles. The van der Waals surface area contributed by atoms with Gasteiger partial charge in [0.15, 0.2) is 5.78 Å². The molecule has 2 heterocycles. The van der Waals surface area contributed by atoms with E-state index in [4.69, 9.17) is 14.5 Å². The van der Waals surface area contributed by atoms with E-state index in [1.165, 1.54) is 35.1 Å². The van der Waals surface area contributed by atoms with Gasteiger partial charge in [-0.05, 0) is 77.5 Å². The molecule has 6 aromatic rings. The molecule has 1 N–H and O–H groups in total. The standard InChI is InChI=1S/C28H26NO.C8H8O2.Ir/c1-16(2)19-7-9-22-20(13-19)10-11-29-27(22)25-15-21(17(3)4)14-24-23-8-6-18(5)12-26(23)30-28(24)25;1-6(9)7-4-2-3-5-8(7)10;/h6-14,16-17H,1-5H3;2-5,10H,1H3;/q-1;;. The molecule has 4 nitrogen and oxygen atoms in total. The zero-order valence-corrected chi connectivity index (χ0v) is 26.6. The first-order chi connectivity index (χ1) is 19.1. The number of para-hydroxylation sites is 1. The molecule has 211 valence electrons. The van der Waals surface area contributed by atoms with E-state index in [9.17, 15) is 4.79 Å². The third-order valence-electron chi connectivity index (χ3n) is 7.28. The molecule has 6 rings (SSSR count). The van der Waals surface area contributed by atoms with Gasteiger partial charge in [-0.1, -0.05) is 81.1 Å². The normalized spacial score (nSPS) is 11.1. The van der Waals surface area contributed by atoms with E-state index in [-0.39, 0.29) is 31.6 Å². The fraction of sp³-hybridized carbons (Fsp3) is 0.222. The number of furan rings is 1. The fourth-order valence-electron chi connectivity index (χ4n) is 4.95. The van der Waals surface area contributed by atoms with E-state index in [1.54, 1.807) is 18.2 Å². The number of pyridine rings is 1. The van der Waals surface area contributed by atoms with Gasteiger partial charge in [-0.2, -0.15) is 0 Å². The van der Waals surface area contributed by atoms with Crippen LogP contribution in [0.1, 0.15) is 73.5 Å². The van der Waals surface area contributed by atoms with Crippen LogP contribution in [0.3, 0.4) is 0 Å². The van der Waals surface area contributed by atoms with Crippen molar-refractivity contribution < 1.29 is 34.4 Å². The monoisotopic (exact) mass is 721 g/mol. The van der Waals surface area contributed by atoms with Crippen LogP contribution in [0.2, 0.25) is 0 Å². The number of hydrogen-bond acceptors (Lipinski definition) is 4. The number of aromatic hydroxyl groups is 1. The van der Waals surface area contributed by atoms with Crippen LogP contribution in [0.15, 0.2) is 83.4 Å². The number of fused-ring (bicyclic) bond motifs is 4. The van der Waals surface area contributed by atoms with Gasteiger partial charge in [0.2, 0.25) is 0 Å². The number of phenolic OH excluding ortho intramolecular Hbond substituents is 1. The van der Waals surface area contributed by atoms with E-state index in [0.29, 0.717) is 17.4 Å². The van der Waals surface area contributed by atoms with Gasteiger partial charge in [0.1, 0.15) is 11.3 Å². The quantitative estimate of drug-likeness (QED) is 0.146. The van der Waals surface area contributed by atoms with E-state index < -0.39 is 0 Å². The van der Waals surface area contributed by atoms with Gasteiger partial charge in [-0.3, -0.25) is 4.79 Å². The Balaban J connectivity index is 0.000000300. The van der Waals surface area contributed by atoms with Crippen molar-refractivity contribution in [2.75, 3.05) is 0 Å². The molecule has 0 bridgehead atoms. The average molecular weight is 721 g/mol. The average Bonchev–Trinajstić information content (AvgIpc) is 3.29. The summed E-state index contributed by atoms with van der Waals surface area (Å²) in [5.74, 6) is 0.798. The molecule has 0 amide bonds. The molecule has 0 saturated carbocycles. The number of Topliss-reactive ketones (excluding diaryl/α,β-unsaturated/α-hetero) is 1. The molecule has 0 aliphatic heterocycles. The topological polar surface area (TPSA) is 63.3 Å². The minimum absolute atomic E-state index is 0. The molecule has 5 heteroatoms. The number of phenols is 1. The molecule has 0 aliphatic carbocycles. The van der Waals surface area contributed by atoms with Crippen molar-refractivity contribution in [1.29, 1.82) is 0 Å². The first kappa shape index (κ1) is 30.2. The number of rotatable bonds is 4. The molecule has 0 unspecified atom stereocenters. The second-order valence-corrected chi connectivity index (χ2v) is 11.0.